The summed E-state index contributed by atoms with van der Waals surface area (Å²) in [6.45, 7) is 3.18. The smallest absolute Gasteiger partial charge is 0.213 e. The Balaban J connectivity index is 1.70. The normalized spacial score (nSPS) is 30.4. The Hall–Kier alpha value is -0.170. The Morgan fingerprint density at radius 1 is 1.24 bits per heavy atom. The topological polar surface area (TPSA) is 67.4 Å². The minimum Gasteiger partial charge on any atom is -0.378 e. The van der Waals surface area contributed by atoms with Gasteiger partial charge in [0.05, 0.1) is 11.9 Å². The molecular weight excluding hydrogens is 240 g/mol. The van der Waals surface area contributed by atoms with Crippen LogP contribution in [-0.2, 0) is 14.8 Å². The summed E-state index contributed by atoms with van der Waals surface area (Å²) in [5, 5.41) is 3.21. The molecule has 2 N–H and O–H groups in total. The number of nitrogens with one attached hydrogen (secondary N) is 2. The maximum Gasteiger partial charge on any atom is 0.213 e. The van der Waals surface area contributed by atoms with E-state index < -0.39 is 10.0 Å². The quantitative estimate of drug-likeness (QED) is 0.719. The van der Waals surface area contributed by atoms with Crippen LogP contribution in [0.25, 0.3) is 0 Å². The lowest BCUT2D eigenvalue weighted by molar-refractivity contribution is 0.0173. The molecule has 0 aromatic carbocycles. The van der Waals surface area contributed by atoms with E-state index in [1.54, 1.807) is 0 Å². The van der Waals surface area contributed by atoms with Gasteiger partial charge in [-0.1, -0.05) is 0 Å². The molecule has 0 amide bonds. The van der Waals surface area contributed by atoms with Gasteiger partial charge in [0, 0.05) is 25.2 Å². The van der Waals surface area contributed by atoms with E-state index in [0.29, 0.717) is 19.2 Å². The Labute approximate surface area is 103 Å². The average molecular weight is 262 g/mol. The zero-order valence-corrected chi connectivity index (χ0v) is 11.1. The summed E-state index contributed by atoms with van der Waals surface area (Å²) in [6, 6.07) is 0.609. The predicted octanol–water partition coefficient (Wildman–Crippen LogP) is 0.225. The fraction of sp³-hybridized carbons (Fsp3) is 1.00. The zero-order valence-electron chi connectivity index (χ0n) is 10.3. The second kappa shape index (κ2) is 5.65. The largest absolute Gasteiger partial charge is 0.378 e. The van der Waals surface area contributed by atoms with Crippen LogP contribution >= 0.6 is 0 Å². The molecule has 2 atom stereocenters. The average Bonchev–Trinajstić information content (AvgIpc) is 3.00. The van der Waals surface area contributed by atoms with Crippen molar-refractivity contribution in [2.24, 2.45) is 0 Å². The lowest BCUT2D eigenvalue weighted by atomic mass is 10.1. The van der Waals surface area contributed by atoms with Crippen molar-refractivity contribution in [3.8, 4) is 0 Å². The van der Waals surface area contributed by atoms with Crippen LogP contribution in [0.4, 0.5) is 0 Å². The molecule has 2 aliphatic rings. The third-order valence-electron chi connectivity index (χ3n) is 3.21. The molecule has 0 aromatic rings. The molecule has 1 heterocycles. The van der Waals surface area contributed by atoms with Crippen LogP contribution in [0.3, 0.4) is 0 Å². The third-order valence-corrected chi connectivity index (χ3v) is 4.65. The summed E-state index contributed by atoms with van der Waals surface area (Å²) >= 11 is 0. The monoisotopic (exact) mass is 262 g/mol. The fourth-order valence-corrected chi connectivity index (χ4v) is 3.33. The highest BCUT2D eigenvalue weighted by Gasteiger charge is 2.25. The van der Waals surface area contributed by atoms with Crippen molar-refractivity contribution in [3.63, 3.8) is 0 Å². The van der Waals surface area contributed by atoms with Crippen molar-refractivity contribution in [2.45, 2.75) is 50.8 Å². The molecule has 2 fully saturated rings. The first-order valence-electron chi connectivity index (χ1n) is 6.40. The number of sulfonamides is 1. The van der Waals surface area contributed by atoms with Gasteiger partial charge in [-0.2, -0.15) is 0 Å². The second-order valence-electron chi connectivity index (χ2n) is 5.07. The van der Waals surface area contributed by atoms with Gasteiger partial charge in [-0.3, -0.25) is 0 Å². The van der Waals surface area contributed by atoms with Crippen LogP contribution in [-0.4, -0.2) is 45.5 Å². The Bertz CT molecular complexity index is 341. The number of rotatable bonds is 6. The van der Waals surface area contributed by atoms with Gasteiger partial charge in [0.2, 0.25) is 10.0 Å². The van der Waals surface area contributed by atoms with Gasteiger partial charge in [0.25, 0.3) is 0 Å². The van der Waals surface area contributed by atoms with Gasteiger partial charge in [-0.25, -0.2) is 13.1 Å². The van der Waals surface area contributed by atoms with Crippen molar-refractivity contribution < 1.29 is 13.2 Å². The SMILES string of the molecule is CC1CC(NS(=O)(=O)CCNC2CC2)CCO1. The van der Waals surface area contributed by atoms with Gasteiger partial charge in [-0.05, 0) is 32.6 Å². The van der Waals surface area contributed by atoms with E-state index in [-0.39, 0.29) is 17.9 Å². The van der Waals surface area contributed by atoms with Gasteiger partial charge >= 0.3 is 0 Å². The zero-order chi connectivity index (χ0) is 12.3. The standard InChI is InChI=1S/C11H22N2O3S/c1-9-8-11(4-6-16-9)13-17(14,15)7-5-12-10-2-3-10/h9-13H,2-8H2,1H3. The minimum atomic E-state index is -3.14. The van der Waals surface area contributed by atoms with Gasteiger partial charge < -0.3 is 10.1 Å². The molecule has 1 aliphatic heterocycles. The van der Waals surface area contributed by atoms with Gasteiger partial charge in [0.15, 0.2) is 0 Å². The van der Waals surface area contributed by atoms with Crippen LogP contribution in [0.2, 0.25) is 0 Å². The summed E-state index contributed by atoms with van der Waals surface area (Å²) < 4.78 is 31.8. The number of hydrogen-bond donors (Lipinski definition) is 2. The molecule has 0 spiro atoms. The molecule has 100 valence electrons. The molecule has 17 heavy (non-hydrogen) atoms. The molecule has 2 unspecified atom stereocenters. The Morgan fingerprint density at radius 3 is 2.65 bits per heavy atom. The van der Waals surface area contributed by atoms with Crippen molar-refractivity contribution in [2.75, 3.05) is 18.9 Å². The van der Waals surface area contributed by atoms with Gasteiger partial charge in [-0.15, -0.1) is 0 Å². The molecule has 0 aromatic heterocycles. The van der Waals surface area contributed by atoms with Crippen LogP contribution < -0.4 is 10.0 Å². The van der Waals surface area contributed by atoms with E-state index >= 15 is 0 Å². The molecular formula is C11H22N2O3S. The van der Waals surface area contributed by atoms with E-state index in [1.165, 1.54) is 12.8 Å². The van der Waals surface area contributed by atoms with Crippen molar-refractivity contribution in [1.29, 1.82) is 0 Å². The van der Waals surface area contributed by atoms with Crippen molar-refractivity contribution >= 4 is 10.0 Å². The van der Waals surface area contributed by atoms with E-state index in [4.69, 9.17) is 4.74 Å². The third kappa shape index (κ3) is 4.91. The summed E-state index contributed by atoms with van der Waals surface area (Å²) in [6.07, 6.45) is 4.08. The van der Waals surface area contributed by atoms with Crippen molar-refractivity contribution in [1.82, 2.24) is 10.0 Å². The van der Waals surface area contributed by atoms with Crippen LogP contribution in [0.15, 0.2) is 0 Å². The molecule has 5 nitrogen and oxygen atoms in total. The molecule has 2 rings (SSSR count). The minimum absolute atomic E-state index is 0.0460. The molecule has 1 aliphatic carbocycles. The van der Waals surface area contributed by atoms with E-state index in [0.717, 1.165) is 12.8 Å². The Kier molecular flexibility index (Phi) is 4.41. The van der Waals surface area contributed by atoms with Crippen LogP contribution in [0.1, 0.15) is 32.6 Å². The predicted molar refractivity (Wildman–Crippen MR) is 66.4 cm³/mol. The van der Waals surface area contributed by atoms with E-state index in [9.17, 15) is 8.42 Å². The molecule has 6 heteroatoms. The number of hydrogen-bond acceptors (Lipinski definition) is 4. The van der Waals surface area contributed by atoms with Crippen molar-refractivity contribution in [3.05, 3.63) is 0 Å². The molecule has 1 saturated heterocycles. The van der Waals surface area contributed by atoms with E-state index in [1.807, 2.05) is 6.92 Å². The summed E-state index contributed by atoms with van der Waals surface area (Å²) in [7, 11) is -3.14. The highest BCUT2D eigenvalue weighted by molar-refractivity contribution is 7.89. The van der Waals surface area contributed by atoms with E-state index in [2.05, 4.69) is 10.0 Å². The maximum absolute atomic E-state index is 11.8. The lowest BCUT2D eigenvalue weighted by Crippen LogP contribution is -2.43. The van der Waals surface area contributed by atoms with Crippen LogP contribution in [0, 0.1) is 0 Å². The maximum atomic E-state index is 11.8. The Morgan fingerprint density at radius 2 is 2.00 bits per heavy atom. The summed E-state index contributed by atoms with van der Waals surface area (Å²) in [5.74, 6) is 0.176. The highest BCUT2D eigenvalue weighted by atomic mass is 32.2. The van der Waals surface area contributed by atoms with Gasteiger partial charge in [0.1, 0.15) is 0 Å². The first-order valence-corrected chi connectivity index (χ1v) is 8.05. The molecule has 1 saturated carbocycles. The first kappa shape index (κ1) is 13.3. The lowest BCUT2D eigenvalue weighted by Gasteiger charge is -2.27. The summed E-state index contributed by atoms with van der Waals surface area (Å²) in [5.41, 5.74) is 0. The molecule has 0 bridgehead atoms. The fourth-order valence-electron chi connectivity index (χ4n) is 2.10. The summed E-state index contributed by atoms with van der Waals surface area (Å²) in [4.78, 5) is 0. The molecule has 0 radical (unpaired) electrons. The number of ether oxygens (including phenoxy) is 1. The van der Waals surface area contributed by atoms with Crippen LogP contribution in [0.5, 0.6) is 0 Å². The second-order valence-corrected chi connectivity index (χ2v) is 6.94. The first-order chi connectivity index (χ1) is 8.05. The highest BCUT2D eigenvalue weighted by Crippen LogP contribution is 2.18.